The number of carbonyl (C=O) groups excluding carboxylic acids is 1. The van der Waals surface area contributed by atoms with E-state index in [1.807, 2.05) is 12.1 Å². The van der Waals surface area contributed by atoms with Crippen LogP contribution in [-0.4, -0.2) is 33.9 Å². The minimum absolute atomic E-state index is 0.104. The number of hydrogen-bond donors (Lipinski definition) is 1. The van der Waals surface area contributed by atoms with Gasteiger partial charge in [0.1, 0.15) is 11.4 Å². The molecule has 152 valence electrons. The molecule has 0 bridgehead atoms. The van der Waals surface area contributed by atoms with E-state index in [4.69, 9.17) is 9.73 Å². The zero-order valence-corrected chi connectivity index (χ0v) is 16.8. The molecule has 4 rings (SSSR count). The van der Waals surface area contributed by atoms with E-state index in [-0.39, 0.29) is 11.6 Å². The van der Waals surface area contributed by atoms with Gasteiger partial charge in [-0.05, 0) is 12.1 Å². The number of methoxy groups -OCH3 is 1. The second-order valence-electron chi connectivity index (χ2n) is 6.36. The molecular formula is C20H17N5O4S. The summed E-state index contributed by atoms with van der Waals surface area (Å²) in [6.45, 7) is 3.68. The summed E-state index contributed by atoms with van der Waals surface area (Å²) in [7, 11) is 1.48. The molecule has 0 radical (unpaired) electrons. The minimum atomic E-state index is -0.810. The molecular weight excluding hydrogens is 406 g/mol. The van der Waals surface area contributed by atoms with Crippen LogP contribution in [0, 0.1) is 10.1 Å². The normalized spacial score (nSPS) is 17.2. The Bertz CT molecular complexity index is 1210. The van der Waals surface area contributed by atoms with Gasteiger partial charge in [0.2, 0.25) is 0 Å². The SMILES string of the molecule is C=CCSC1=NN2C(=c3ccccc3=NC2c2cc([N+](=O)[O-])ccc2OC)C(=O)N1. The van der Waals surface area contributed by atoms with Crippen LogP contribution in [0.4, 0.5) is 5.69 Å². The lowest BCUT2D eigenvalue weighted by Gasteiger charge is -2.34. The molecule has 0 spiro atoms. The molecule has 1 N–H and O–H groups in total. The number of amides is 1. The van der Waals surface area contributed by atoms with Crippen LogP contribution in [0.25, 0.3) is 5.70 Å². The van der Waals surface area contributed by atoms with Crippen LogP contribution in [0.5, 0.6) is 5.75 Å². The van der Waals surface area contributed by atoms with Gasteiger partial charge < -0.3 is 4.74 Å². The molecule has 1 unspecified atom stereocenters. The number of thioether (sulfide) groups is 1. The maximum atomic E-state index is 13.0. The lowest BCUT2D eigenvalue weighted by atomic mass is 10.1. The van der Waals surface area contributed by atoms with Crippen molar-refractivity contribution in [3.8, 4) is 5.75 Å². The predicted molar refractivity (Wildman–Crippen MR) is 113 cm³/mol. The van der Waals surface area contributed by atoms with Crippen molar-refractivity contribution < 1.29 is 14.5 Å². The van der Waals surface area contributed by atoms with E-state index in [9.17, 15) is 14.9 Å². The van der Waals surface area contributed by atoms with Gasteiger partial charge in [-0.1, -0.05) is 36.0 Å². The van der Waals surface area contributed by atoms with Gasteiger partial charge in [-0.25, -0.2) is 5.01 Å². The largest absolute Gasteiger partial charge is 0.496 e. The third-order valence-corrected chi connectivity index (χ3v) is 5.42. The lowest BCUT2D eigenvalue weighted by molar-refractivity contribution is -0.385. The Labute approximate surface area is 175 Å². The first kappa shape index (κ1) is 19.6. The number of nitro benzene ring substituents is 1. The maximum absolute atomic E-state index is 13.0. The fraction of sp³-hybridized carbons (Fsp3) is 0.150. The highest BCUT2D eigenvalue weighted by Crippen LogP contribution is 2.37. The maximum Gasteiger partial charge on any atom is 0.276 e. The number of fused-ring (bicyclic) bond motifs is 2. The Morgan fingerprint density at radius 3 is 2.90 bits per heavy atom. The van der Waals surface area contributed by atoms with Crippen molar-refractivity contribution in [2.75, 3.05) is 12.9 Å². The molecule has 2 aromatic rings. The van der Waals surface area contributed by atoms with Gasteiger partial charge in [0, 0.05) is 28.7 Å². The Morgan fingerprint density at radius 2 is 2.17 bits per heavy atom. The average Bonchev–Trinajstić information content (AvgIpc) is 2.76. The Balaban J connectivity index is 1.96. The second-order valence-corrected chi connectivity index (χ2v) is 7.36. The number of para-hydroxylation sites is 1. The molecule has 10 heteroatoms. The van der Waals surface area contributed by atoms with Crippen molar-refractivity contribution in [1.82, 2.24) is 10.3 Å². The van der Waals surface area contributed by atoms with Gasteiger partial charge in [0.15, 0.2) is 11.3 Å². The zero-order valence-electron chi connectivity index (χ0n) is 15.9. The van der Waals surface area contributed by atoms with Crippen LogP contribution in [-0.2, 0) is 4.79 Å². The van der Waals surface area contributed by atoms with Gasteiger partial charge >= 0.3 is 0 Å². The van der Waals surface area contributed by atoms with E-state index in [2.05, 4.69) is 17.0 Å². The summed E-state index contributed by atoms with van der Waals surface area (Å²) in [5, 5.41) is 21.8. The van der Waals surface area contributed by atoms with Gasteiger partial charge in [-0.15, -0.1) is 11.7 Å². The highest BCUT2D eigenvalue weighted by atomic mass is 32.2. The minimum Gasteiger partial charge on any atom is -0.496 e. The number of benzene rings is 2. The summed E-state index contributed by atoms with van der Waals surface area (Å²) in [5.41, 5.74) is 0.653. The third-order valence-electron chi connectivity index (χ3n) is 4.56. The molecule has 30 heavy (non-hydrogen) atoms. The van der Waals surface area contributed by atoms with Crippen molar-refractivity contribution >= 4 is 34.2 Å². The first-order chi connectivity index (χ1) is 14.5. The summed E-state index contributed by atoms with van der Waals surface area (Å²) in [6, 6.07) is 11.5. The highest BCUT2D eigenvalue weighted by molar-refractivity contribution is 8.14. The van der Waals surface area contributed by atoms with Gasteiger partial charge in [0.05, 0.1) is 17.4 Å². The number of rotatable bonds is 5. The van der Waals surface area contributed by atoms with Crippen LogP contribution < -0.4 is 20.6 Å². The van der Waals surface area contributed by atoms with Crippen LogP contribution in [0.3, 0.4) is 0 Å². The molecule has 1 atom stereocenters. The van der Waals surface area contributed by atoms with Crippen molar-refractivity contribution in [2.45, 2.75) is 6.17 Å². The van der Waals surface area contributed by atoms with Gasteiger partial charge in [-0.2, -0.15) is 0 Å². The predicted octanol–water partition coefficient (Wildman–Crippen LogP) is 1.67. The fourth-order valence-electron chi connectivity index (χ4n) is 3.27. The molecule has 9 nitrogen and oxygen atoms in total. The van der Waals surface area contributed by atoms with Crippen molar-refractivity contribution in [1.29, 1.82) is 0 Å². The van der Waals surface area contributed by atoms with Crippen LogP contribution in [0.1, 0.15) is 11.7 Å². The quantitative estimate of drug-likeness (QED) is 0.445. The van der Waals surface area contributed by atoms with E-state index < -0.39 is 11.1 Å². The molecule has 0 saturated carbocycles. The summed E-state index contributed by atoms with van der Waals surface area (Å²) in [4.78, 5) is 28.6. The molecule has 1 amide bonds. The van der Waals surface area contributed by atoms with E-state index in [1.165, 1.54) is 42.1 Å². The summed E-state index contributed by atoms with van der Waals surface area (Å²) in [5.74, 6) is 0.642. The van der Waals surface area contributed by atoms with Crippen molar-refractivity contribution in [3.05, 3.63) is 81.4 Å². The summed E-state index contributed by atoms with van der Waals surface area (Å²) >= 11 is 1.32. The Hall–Kier alpha value is -3.66. The molecule has 2 aromatic carbocycles. The van der Waals surface area contributed by atoms with Crippen LogP contribution in [0.15, 0.2) is 65.2 Å². The van der Waals surface area contributed by atoms with Gasteiger partial charge in [-0.3, -0.25) is 25.2 Å². The number of amidine groups is 1. The Kier molecular flexibility index (Phi) is 5.23. The Morgan fingerprint density at radius 1 is 1.37 bits per heavy atom. The number of hydrazone groups is 1. The first-order valence-corrected chi connectivity index (χ1v) is 9.94. The number of ether oxygens (including phenoxy) is 1. The number of carbonyl (C=O) groups is 1. The topological polar surface area (TPSA) is 109 Å². The molecule has 0 saturated heterocycles. The summed E-state index contributed by atoms with van der Waals surface area (Å²) < 4.78 is 5.43. The molecule has 2 aliphatic rings. The smallest absolute Gasteiger partial charge is 0.276 e. The number of non-ortho nitro benzene ring substituents is 1. The van der Waals surface area contributed by atoms with E-state index in [1.54, 1.807) is 18.2 Å². The third kappa shape index (κ3) is 3.41. The number of nitro groups is 1. The first-order valence-electron chi connectivity index (χ1n) is 8.96. The average molecular weight is 423 g/mol. The van der Waals surface area contributed by atoms with Crippen molar-refractivity contribution in [3.63, 3.8) is 0 Å². The zero-order chi connectivity index (χ0) is 21.3. The molecule has 0 fully saturated rings. The molecule has 2 heterocycles. The summed E-state index contributed by atoms with van der Waals surface area (Å²) in [6.07, 6.45) is 0.894. The molecule has 0 aliphatic carbocycles. The number of nitrogens with zero attached hydrogens (tertiary/aromatic N) is 4. The van der Waals surface area contributed by atoms with Crippen molar-refractivity contribution in [2.24, 2.45) is 10.1 Å². The number of hydrogen-bond acceptors (Lipinski definition) is 8. The number of nitrogens with one attached hydrogen (secondary N) is 1. The highest BCUT2D eigenvalue weighted by Gasteiger charge is 2.36. The van der Waals surface area contributed by atoms with Gasteiger partial charge in [0.25, 0.3) is 11.6 Å². The monoisotopic (exact) mass is 423 g/mol. The van der Waals surface area contributed by atoms with Crippen LogP contribution in [0.2, 0.25) is 0 Å². The second kappa shape index (κ2) is 7.99. The lowest BCUT2D eigenvalue weighted by Crippen LogP contribution is -2.50. The molecule has 0 aromatic heterocycles. The fourth-order valence-corrected chi connectivity index (χ4v) is 3.86. The van der Waals surface area contributed by atoms with E-state index in [0.717, 1.165) is 0 Å². The van der Waals surface area contributed by atoms with Crippen LogP contribution >= 0.6 is 11.8 Å². The van der Waals surface area contributed by atoms with E-state index >= 15 is 0 Å². The molecule has 2 aliphatic heterocycles. The standard InChI is InChI=1S/C20H17N5O4S/c1-3-10-30-20-22-19(26)17-13-6-4-5-7-15(13)21-18(24(17)23-20)14-11-12(25(27)28)8-9-16(14)29-2/h3-9,11,18H,1,10H2,2H3,(H,22,23,26). The van der Waals surface area contributed by atoms with E-state index in [0.29, 0.717) is 38.5 Å².